The zero-order valence-corrected chi connectivity index (χ0v) is 14.4. The van der Waals surface area contributed by atoms with Crippen molar-refractivity contribution in [3.05, 3.63) is 26.6 Å². The first-order chi connectivity index (χ1) is 10.6. The molecule has 0 amide bonds. The molecule has 0 radical (unpaired) electrons. The molecular weight excluding hydrogens is 316 g/mol. The number of hydrogen-bond donors (Lipinski definition) is 2. The number of H-pyrrole nitrogens is 1. The lowest BCUT2D eigenvalue weighted by Gasteiger charge is -2.17. The van der Waals surface area contributed by atoms with Crippen LogP contribution in [0.5, 0.6) is 0 Å². The van der Waals surface area contributed by atoms with E-state index in [0.717, 1.165) is 29.5 Å². The molecule has 2 aromatic rings. The Bertz CT molecular complexity index is 778. The quantitative estimate of drug-likeness (QED) is 0.667. The van der Waals surface area contributed by atoms with Gasteiger partial charge in [-0.2, -0.15) is 0 Å². The molecule has 1 atom stereocenters. The minimum atomic E-state index is -0.0151. The molecule has 0 aromatic carbocycles. The third-order valence-electron chi connectivity index (χ3n) is 3.89. The molecule has 2 aromatic heterocycles. The molecule has 7 heteroatoms. The molecule has 0 saturated carbocycles. The Morgan fingerprint density at radius 3 is 3.18 bits per heavy atom. The second kappa shape index (κ2) is 6.42. The van der Waals surface area contributed by atoms with Gasteiger partial charge >= 0.3 is 0 Å². The topological polar surface area (TPSA) is 84.1 Å². The first-order valence-electron chi connectivity index (χ1n) is 7.54. The second-order valence-electron chi connectivity index (χ2n) is 5.65. The first kappa shape index (κ1) is 15.6. The predicted molar refractivity (Wildman–Crippen MR) is 94.9 cm³/mol. The second-order valence-corrected chi connectivity index (χ2v) is 7.73. The molecule has 3 rings (SSSR count). The van der Waals surface area contributed by atoms with E-state index in [-0.39, 0.29) is 5.56 Å². The molecular formula is C15H20N4OS2. The summed E-state index contributed by atoms with van der Waals surface area (Å²) in [5.74, 6) is 1.91. The molecule has 0 aliphatic heterocycles. The van der Waals surface area contributed by atoms with E-state index in [1.54, 1.807) is 11.3 Å². The van der Waals surface area contributed by atoms with E-state index in [4.69, 9.17) is 5.73 Å². The van der Waals surface area contributed by atoms with Crippen molar-refractivity contribution in [2.45, 2.75) is 38.9 Å². The minimum absolute atomic E-state index is 0.0151. The highest BCUT2D eigenvalue weighted by atomic mass is 32.2. The van der Waals surface area contributed by atoms with Crippen LogP contribution in [0.3, 0.4) is 0 Å². The van der Waals surface area contributed by atoms with E-state index in [1.165, 1.54) is 22.2 Å². The largest absolute Gasteiger partial charge is 0.379 e. The van der Waals surface area contributed by atoms with Crippen molar-refractivity contribution >= 4 is 38.5 Å². The van der Waals surface area contributed by atoms with E-state index in [2.05, 4.69) is 21.9 Å². The van der Waals surface area contributed by atoms with Crippen LogP contribution >= 0.6 is 23.1 Å². The first-order valence-corrected chi connectivity index (χ1v) is 9.34. The number of nitrogens with two attached hydrogens (primary N) is 1. The van der Waals surface area contributed by atoms with Crippen molar-refractivity contribution in [1.29, 1.82) is 0 Å². The monoisotopic (exact) mass is 336 g/mol. The van der Waals surface area contributed by atoms with Crippen LogP contribution in [-0.4, -0.2) is 21.7 Å². The van der Waals surface area contributed by atoms with Crippen LogP contribution in [0.25, 0.3) is 10.2 Å². The van der Waals surface area contributed by atoms with Gasteiger partial charge in [0.15, 0.2) is 5.17 Å². The van der Waals surface area contributed by atoms with Gasteiger partial charge in [0, 0.05) is 11.4 Å². The number of aryl methyl sites for hydroxylation is 1. The Morgan fingerprint density at radius 1 is 1.59 bits per heavy atom. The van der Waals surface area contributed by atoms with Crippen LogP contribution in [-0.2, 0) is 18.6 Å². The number of thioether (sulfide) groups is 1. The highest BCUT2D eigenvalue weighted by Crippen LogP contribution is 2.35. The van der Waals surface area contributed by atoms with Crippen LogP contribution in [0.2, 0.25) is 0 Å². The Morgan fingerprint density at radius 2 is 2.41 bits per heavy atom. The van der Waals surface area contributed by atoms with Crippen molar-refractivity contribution in [2.75, 3.05) is 6.54 Å². The molecule has 0 saturated heterocycles. The summed E-state index contributed by atoms with van der Waals surface area (Å²) in [6.07, 6.45) is 3.21. The zero-order chi connectivity index (χ0) is 15.7. The third kappa shape index (κ3) is 3.05. The molecule has 0 unspecified atom stereocenters. The number of aromatic amines is 1. The zero-order valence-electron chi connectivity index (χ0n) is 12.8. The lowest BCUT2D eigenvalue weighted by atomic mass is 9.89. The van der Waals surface area contributed by atoms with Crippen molar-refractivity contribution < 1.29 is 0 Å². The maximum Gasteiger partial charge on any atom is 0.259 e. The average molecular weight is 336 g/mol. The van der Waals surface area contributed by atoms with Crippen LogP contribution in [0.1, 0.15) is 36.5 Å². The van der Waals surface area contributed by atoms with Crippen molar-refractivity contribution in [3.63, 3.8) is 0 Å². The summed E-state index contributed by atoms with van der Waals surface area (Å²) in [6, 6.07) is 0. The number of fused-ring (bicyclic) bond motifs is 3. The van der Waals surface area contributed by atoms with Crippen molar-refractivity contribution in [2.24, 2.45) is 16.6 Å². The van der Waals surface area contributed by atoms with Gasteiger partial charge < -0.3 is 10.7 Å². The SMILES string of the molecule is CCN=C(N)SCc1nc2sc3c(c2c(=O)[nH]1)CC[C@H](C)C3. The van der Waals surface area contributed by atoms with E-state index >= 15 is 0 Å². The number of thiophene rings is 1. The van der Waals surface area contributed by atoms with Crippen LogP contribution in [0.4, 0.5) is 0 Å². The number of rotatable bonds is 3. The number of aliphatic imine (C=N–C) groups is 1. The maximum absolute atomic E-state index is 12.4. The Labute approximate surface area is 137 Å². The molecule has 22 heavy (non-hydrogen) atoms. The van der Waals surface area contributed by atoms with Gasteiger partial charge in [-0.15, -0.1) is 11.3 Å². The number of hydrogen-bond acceptors (Lipinski definition) is 5. The van der Waals surface area contributed by atoms with E-state index in [0.29, 0.717) is 29.2 Å². The molecule has 1 aliphatic rings. The van der Waals surface area contributed by atoms with Gasteiger partial charge in [-0.05, 0) is 37.7 Å². The number of amidine groups is 1. The highest BCUT2D eigenvalue weighted by Gasteiger charge is 2.22. The van der Waals surface area contributed by atoms with Gasteiger partial charge in [0.05, 0.1) is 11.1 Å². The summed E-state index contributed by atoms with van der Waals surface area (Å²) in [7, 11) is 0. The fraction of sp³-hybridized carbons (Fsp3) is 0.533. The van der Waals surface area contributed by atoms with Gasteiger partial charge in [-0.1, -0.05) is 18.7 Å². The summed E-state index contributed by atoms with van der Waals surface area (Å²) < 4.78 is 0. The molecule has 118 valence electrons. The normalized spacial score (nSPS) is 18.6. The number of nitrogens with zero attached hydrogens (tertiary/aromatic N) is 2. The molecule has 3 N–H and O–H groups in total. The van der Waals surface area contributed by atoms with Gasteiger partial charge in [0.25, 0.3) is 5.56 Å². The van der Waals surface area contributed by atoms with Crippen LogP contribution in [0, 0.1) is 5.92 Å². The molecule has 5 nitrogen and oxygen atoms in total. The summed E-state index contributed by atoms with van der Waals surface area (Å²) in [5.41, 5.74) is 6.98. The van der Waals surface area contributed by atoms with Crippen molar-refractivity contribution in [1.82, 2.24) is 9.97 Å². The summed E-state index contributed by atoms with van der Waals surface area (Å²) in [4.78, 5) is 26.3. The summed E-state index contributed by atoms with van der Waals surface area (Å²) in [5, 5.41) is 1.33. The van der Waals surface area contributed by atoms with Gasteiger partial charge in [0.1, 0.15) is 10.7 Å². The summed E-state index contributed by atoms with van der Waals surface area (Å²) in [6.45, 7) is 4.87. The molecule has 0 bridgehead atoms. The molecule has 0 fully saturated rings. The van der Waals surface area contributed by atoms with Crippen molar-refractivity contribution in [3.8, 4) is 0 Å². The lowest BCUT2D eigenvalue weighted by molar-refractivity contribution is 0.509. The van der Waals surface area contributed by atoms with E-state index in [9.17, 15) is 4.79 Å². The average Bonchev–Trinajstić information content (AvgIpc) is 2.83. The number of aromatic nitrogens is 2. The fourth-order valence-electron chi connectivity index (χ4n) is 2.81. The van der Waals surface area contributed by atoms with Gasteiger partial charge in [-0.25, -0.2) is 4.98 Å². The molecule has 1 aliphatic carbocycles. The Hall–Kier alpha value is -1.34. The third-order valence-corrected chi connectivity index (χ3v) is 5.88. The van der Waals surface area contributed by atoms with E-state index < -0.39 is 0 Å². The summed E-state index contributed by atoms with van der Waals surface area (Å²) >= 11 is 3.08. The smallest absolute Gasteiger partial charge is 0.259 e. The minimum Gasteiger partial charge on any atom is -0.379 e. The highest BCUT2D eigenvalue weighted by molar-refractivity contribution is 8.13. The number of nitrogens with one attached hydrogen (secondary N) is 1. The lowest BCUT2D eigenvalue weighted by Crippen LogP contribution is -2.15. The van der Waals surface area contributed by atoms with Gasteiger partial charge in [-0.3, -0.25) is 9.79 Å². The maximum atomic E-state index is 12.4. The van der Waals surface area contributed by atoms with Crippen LogP contribution < -0.4 is 11.3 Å². The van der Waals surface area contributed by atoms with E-state index in [1.807, 2.05) is 6.92 Å². The standard InChI is InChI=1S/C15H20N4OS2/c1-3-17-15(16)21-7-11-18-13(20)12-9-5-4-8(2)6-10(9)22-14(12)19-11/h8H,3-7H2,1-2H3,(H2,16,17)(H,18,19,20)/t8-/m0/s1. The fourth-order valence-corrected chi connectivity index (χ4v) is 4.85. The Balaban J connectivity index is 1.93. The Kier molecular flexibility index (Phi) is 4.54. The molecule has 0 spiro atoms. The predicted octanol–water partition coefficient (Wildman–Crippen LogP) is 2.68. The van der Waals surface area contributed by atoms with Crippen LogP contribution in [0.15, 0.2) is 9.79 Å². The van der Waals surface area contributed by atoms with Gasteiger partial charge in [0.2, 0.25) is 0 Å². The molecule has 2 heterocycles.